The van der Waals surface area contributed by atoms with Gasteiger partial charge in [0.15, 0.2) is 29.8 Å². The molecular formula is C18H43ClO23S8. The molecule has 308 valence electrons. The van der Waals surface area contributed by atoms with E-state index in [1.54, 1.807) is 6.92 Å². The number of alkyl halides is 1. The van der Waals surface area contributed by atoms with Crippen LogP contribution < -0.4 is 0 Å². The topological polar surface area (TPSA) is 338 Å². The molecule has 0 aromatic rings. The third-order valence-electron chi connectivity index (χ3n) is 4.30. The van der Waals surface area contributed by atoms with Crippen molar-refractivity contribution in [3.05, 3.63) is 0 Å². The number of sulfone groups is 2. The summed E-state index contributed by atoms with van der Waals surface area (Å²) in [5.41, 5.74) is 0. The molecule has 23 nitrogen and oxygen atoms in total. The first-order valence-corrected chi connectivity index (χ1v) is 25.9. The van der Waals surface area contributed by atoms with Gasteiger partial charge in [-0.15, -0.1) is 11.6 Å². The first kappa shape index (κ1) is 56.4. The number of methoxy groups -OCH3 is 1. The van der Waals surface area contributed by atoms with Gasteiger partial charge in [0, 0.05) is 25.5 Å². The first-order chi connectivity index (χ1) is 22.0. The zero-order valence-corrected chi connectivity index (χ0v) is 35.6. The fourth-order valence-electron chi connectivity index (χ4n) is 2.02. The molecule has 0 saturated heterocycles. The van der Waals surface area contributed by atoms with Crippen LogP contribution in [0.25, 0.3) is 0 Å². The molecule has 0 radical (unpaired) electrons. The number of hydrogen-bond donors (Lipinski definition) is 0. The second-order valence-corrected chi connectivity index (χ2v) is 26.3. The second kappa shape index (κ2) is 22.7. The van der Waals surface area contributed by atoms with Crippen LogP contribution in [0.4, 0.5) is 0 Å². The van der Waals surface area contributed by atoms with Gasteiger partial charge in [0.25, 0.3) is 40.5 Å². The van der Waals surface area contributed by atoms with Gasteiger partial charge in [-0.05, 0) is 20.3 Å². The maximum absolute atomic E-state index is 11.1. The smallest absolute Gasteiger partial charge is 0.312 e. The maximum Gasteiger partial charge on any atom is 0.312 e. The van der Waals surface area contributed by atoms with Crippen molar-refractivity contribution in [2.24, 2.45) is 0 Å². The molecule has 0 N–H and O–H groups in total. The number of ether oxygens (including phenoxy) is 1. The lowest BCUT2D eigenvalue weighted by Crippen LogP contribution is -2.41. The van der Waals surface area contributed by atoms with Gasteiger partial charge in [0.05, 0.1) is 41.7 Å². The summed E-state index contributed by atoms with van der Waals surface area (Å²) in [5, 5.41) is -1.95. The Morgan fingerprint density at radius 2 is 0.840 bits per heavy atom. The minimum absolute atomic E-state index is 0.00297. The summed E-state index contributed by atoms with van der Waals surface area (Å²) in [6.45, 7) is 3.53. The SMILES string of the molecule is CCCOS(=O)(=O)CS(C)(=O)=O.COC(S(=O)(=O)OC)S(=O)(=O)OC.COS(=O)(=O)C(C)(C)S(=O)(=O)OC.CS(=O)(=O)CS(=O)(=O)OCCCl. The van der Waals surface area contributed by atoms with E-state index in [0.717, 1.165) is 61.9 Å². The van der Waals surface area contributed by atoms with Gasteiger partial charge >= 0.3 is 25.0 Å². The molecule has 0 aromatic carbocycles. The van der Waals surface area contributed by atoms with Crippen LogP contribution >= 0.6 is 11.6 Å². The summed E-state index contributed by atoms with van der Waals surface area (Å²) in [5.74, 6) is 0.00297. The first-order valence-electron chi connectivity index (χ1n) is 12.3. The van der Waals surface area contributed by atoms with Gasteiger partial charge in [-0.1, -0.05) is 6.92 Å². The predicted molar refractivity (Wildman–Crippen MR) is 179 cm³/mol. The van der Waals surface area contributed by atoms with Crippen LogP contribution in [0.5, 0.6) is 0 Å². The lowest BCUT2D eigenvalue weighted by Gasteiger charge is -2.21. The van der Waals surface area contributed by atoms with Crippen molar-refractivity contribution in [3.8, 4) is 0 Å². The lowest BCUT2D eigenvalue weighted by atomic mass is 10.5. The summed E-state index contributed by atoms with van der Waals surface area (Å²) in [6.07, 6.45) is 2.19. The summed E-state index contributed by atoms with van der Waals surface area (Å²) in [4.78, 5) is 0. The molecule has 0 aliphatic rings. The van der Waals surface area contributed by atoms with Gasteiger partial charge in [-0.25, -0.2) is 16.8 Å². The van der Waals surface area contributed by atoms with Gasteiger partial charge in [0.1, 0.15) is 0 Å². The van der Waals surface area contributed by atoms with Crippen molar-refractivity contribution < 1.29 is 97.2 Å². The van der Waals surface area contributed by atoms with E-state index in [9.17, 15) is 67.3 Å². The average molecular weight is 920 g/mol. The van der Waals surface area contributed by atoms with Crippen LogP contribution in [0.3, 0.4) is 0 Å². The Balaban J connectivity index is -0.000000282. The van der Waals surface area contributed by atoms with Crippen LogP contribution in [-0.2, 0) is 110 Å². The average Bonchev–Trinajstić information content (AvgIpc) is 2.93. The largest absolute Gasteiger partial charge is 0.349 e. The van der Waals surface area contributed by atoms with Gasteiger partial charge in [0.2, 0.25) is 4.08 Å². The van der Waals surface area contributed by atoms with Crippen LogP contribution in [0.1, 0.15) is 27.2 Å². The third kappa shape index (κ3) is 24.0. The van der Waals surface area contributed by atoms with Crippen molar-refractivity contribution in [1.82, 2.24) is 0 Å². The van der Waals surface area contributed by atoms with Gasteiger partial charge in [-0.2, -0.15) is 50.5 Å². The minimum atomic E-state index is -4.32. The Kier molecular flexibility index (Phi) is 25.6. The highest BCUT2D eigenvalue weighted by Gasteiger charge is 2.48. The van der Waals surface area contributed by atoms with Crippen molar-refractivity contribution >= 4 is 92.0 Å². The molecule has 0 amide bonds. The molecule has 0 atom stereocenters. The van der Waals surface area contributed by atoms with E-state index in [1.165, 1.54) is 0 Å². The molecule has 0 bridgehead atoms. The Hall–Kier alpha value is -0.390. The predicted octanol–water partition coefficient (Wildman–Crippen LogP) is -2.14. The molecule has 0 rings (SSSR count). The Labute approximate surface area is 300 Å². The van der Waals surface area contributed by atoms with E-state index >= 15 is 0 Å². The molecule has 0 saturated carbocycles. The summed E-state index contributed by atoms with van der Waals surface area (Å²) >= 11 is 5.14. The quantitative estimate of drug-likeness (QED) is 0.0986. The van der Waals surface area contributed by atoms with E-state index in [2.05, 4.69) is 29.8 Å². The minimum Gasteiger partial charge on any atom is -0.349 e. The second-order valence-electron chi connectivity index (χ2n) is 9.02. The molecule has 32 heteroatoms. The van der Waals surface area contributed by atoms with Crippen molar-refractivity contribution in [3.63, 3.8) is 0 Å². The van der Waals surface area contributed by atoms with Crippen LogP contribution in [0.15, 0.2) is 0 Å². The zero-order valence-electron chi connectivity index (χ0n) is 28.4. The summed E-state index contributed by atoms with van der Waals surface area (Å²) in [7, 11) is -27.6. The summed E-state index contributed by atoms with van der Waals surface area (Å²) < 4.78 is 198. The molecular weight excluding hydrogens is 876 g/mol. The van der Waals surface area contributed by atoms with Gasteiger partial charge in [-0.3, -0.25) is 25.1 Å². The molecule has 0 unspecified atom stereocenters. The molecule has 0 aliphatic carbocycles. The molecule has 0 heterocycles. The standard InChI is InChI=1S/C5H12O6S2.C5H12O5S2.C4H9ClO5S2.C4H10O7S2/c1-5(2,12(6,7)10-3)13(8,9)11-4;1-3-4-10-12(8,9)5-11(2,6)7;1-11(6,7)4-12(8,9)10-3-2-5;1-9-4(12(5,6)10-2)13(7,8)11-3/h1-4H3;3-5H2,1-2H3;2-4H2,1H3;4H,1-3H3. The Morgan fingerprint density at radius 1 is 0.540 bits per heavy atom. The number of halogens is 1. The normalized spacial score (nSPS) is 13.6. The Morgan fingerprint density at radius 3 is 1.04 bits per heavy atom. The monoisotopic (exact) mass is 918 g/mol. The van der Waals surface area contributed by atoms with E-state index < -0.39 is 99.4 Å². The van der Waals surface area contributed by atoms with Crippen molar-refractivity contribution in [2.75, 3.05) is 77.3 Å². The van der Waals surface area contributed by atoms with Crippen LogP contribution in [-0.4, -0.2) is 154 Å². The third-order valence-corrected chi connectivity index (χ3v) is 19.4. The van der Waals surface area contributed by atoms with Crippen LogP contribution in [0, 0.1) is 0 Å². The van der Waals surface area contributed by atoms with Crippen molar-refractivity contribution in [2.45, 2.75) is 36.0 Å². The highest BCUT2D eigenvalue weighted by molar-refractivity contribution is 8.06. The number of rotatable bonds is 19. The number of hydrogen-bond acceptors (Lipinski definition) is 23. The van der Waals surface area contributed by atoms with Gasteiger partial charge < -0.3 is 4.74 Å². The fraction of sp³-hybridized carbons (Fsp3) is 1.00. The molecule has 0 fully saturated rings. The Bertz CT molecular complexity index is 1760. The van der Waals surface area contributed by atoms with E-state index in [-0.39, 0.29) is 19.1 Å². The lowest BCUT2D eigenvalue weighted by molar-refractivity contribution is 0.189. The maximum atomic E-state index is 11.1. The molecule has 0 aromatic heterocycles. The van der Waals surface area contributed by atoms with Crippen molar-refractivity contribution in [1.29, 1.82) is 0 Å². The van der Waals surface area contributed by atoms with Crippen LogP contribution in [0.2, 0.25) is 0 Å². The highest BCUT2D eigenvalue weighted by Crippen LogP contribution is 2.25. The fourth-order valence-corrected chi connectivity index (χ4v) is 12.3. The zero-order chi connectivity index (χ0) is 41.3. The van der Waals surface area contributed by atoms with E-state index in [0.29, 0.717) is 6.42 Å². The van der Waals surface area contributed by atoms with E-state index in [4.69, 9.17) is 11.6 Å². The molecule has 50 heavy (non-hydrogen) atoms. The van der Waals surface area contributed by atoms with E-state index in [1.807, 2.05) is 0 Å². The molecule has 0 aliphatic heterocycles. The summed E-state index contributed by atoms with van der Waals surface area (Å²) in [6, 6.07) is 0. The highest BCUT2D eigenvalue weighted by atomic mass is 35.5. The molecule has 0 spiro atoms.